The number of aryl methyl sites for hydroxylation is 1. The molecule has 0 bridgehead atoms. The van der Waals surface area contributed by atoms with Crippen molar-refractivity contribution in [2.75, 3.05) is 13.1 Å². The molecule has 7 nitrogen and oxygen atoms in total. The van der Waals surface area contributed by atoms with E-state index in [2.05, 4.69) is 26.7 Å². The largest absolute Gasteiger partial charge is 0.332 e. The van der Waals surface area contributed by atoms with Crippen molar-refractivity contribution in [1.29, 1.82) is 0 Å². The van der Waals surface area contributed by atoms with Crippen LogP contribution in [0.3, 0.4) is 0 Å². The average Bonchev–Trinajstić information content (AvgIpc) is 3.45. The molecule has 0 saturated carbocycles. The van der Waals surface area contributed by atoms with Crippen molar-refractivity contribution in [2.45, 2.75) is 44.8 Å². The predicted octanol–water partition coefficient (Wildman–Crippen LogP) is 1.83. The number of fused-ring (bicyclic) bond motifs is 2. The van der Waals surface area contributed by atoms with Crippen molar-refractivity contribution >= 4 is 22.7 Å². The highest BCUT2D eigenvalue weighted by Gasteiger charge is 2.47. The van der Waals surface area contributed by atoms with Crippen LogP contribution in [0.5, 0.6) is 0 Å². The molecule has 0 amide bonds. The van der Waals surface area contributed by atoms with Crippen LogP contribution in [0.15, 0.2) is 31.8 Å². The molecule has 0 N–H and O–H groups in total. The van der Waals surface area contributed by atoms with Crippen LogP contribution in [0.25, 0.3) is 0 Å². The minimum absolute atomic E-state index is 0.136. The summed E-state index contributed by atoms with van der Waals surface area (Å²) in [4.78, 5) is 32.1. The van der Waals surface area contributed by atoms with E-state index in [-0.39, 0.29) is 12.0 Å². The van der Waals surface area contributed by atoms with Crippen LogP contribution in [-0.4, -0.2) is 37.3 Å². The Kier molecular flexibility index (Phi) is 4.33. The minimum Gasteiger partial charge on any atom is -0.298 e. The van der Waals surface area contributed by atoms with Gasteiger partial charge in [0.1, 0.15) is 5.82 Å². The molecule has 3 aromatic heterocycles. The summed E-state index contributed by atoms with van der Waals surface area (Å²) in [5.74, 6) is 0.775. The highest BCUT2D eigenvalue weighted by atomic mass is 32.1. The van der Waals surface area contributed by atoms with E-state index < -0.39 is 11.1 Å². The Morgan fingerprint density at radius 2 is 2.00 bits per heavy atom. The summed E-state index contributed by atoms with van der Waals surface area (Å²) >= 11 is 3.25. The van der Waals surface area contributed by atoms with Crippen LogP contribution >= 0.6 is 22.7 Å². The van der Waals surface area contributed by atoms with Gasteiger partial charge in [0.2, 0.25) is 0 Å². The molecular weight excluding hydrogens is 394 g/mol. The third-order valence-electron chi connectivity index (χ3n) is 5.82. The van der Waals surface area contributed by atoms with E-state index in [1.807, 2.05) is 12.3 Å². The number of thiazole rings is 1. The molecule has 3 aromatic rings. The van der Waals surface area contributed by atoms with E-state index in [1.54, 1.807) is 15.9 Å². The molecule has 2 aliphatic heterocycles. The smallest absolute Gasteiger partial charge is 0.298 e. The van der Waals surface area contributed by atoms with Crippen molar-refractivity contribution in [1.82, 2.24) is 24.2 Å². The third-order valence-corrected chi connectivity index (χ3v) is 7.37. The zero-order valence-corrected chi connectivity index (χ0v) is 17.3. The molecule has 0 radical (unpaired) electrons. The van der Waals surface area contributed by atoms with E-state index in [4.69, 9.17) is 5.10 Å². The number of aromatic nitrogens is 4. The zero-order chi connectivity index (χ0) is 19.3. The quantitative estimate of drug-likeness (QED) is 0.608. The molecule has 146 valence electrons. The van der Waals surface area contributed by atoms with Gasteiger partial charge in [-0.15, -0.1) is 11.3 Å². The molecule has 2 aliphatic rings. The predicted molar refractivity (Wildman–Crippen MR) is 109 cm³/mol. The van der Waals surface area contributed by atoms with Crippen molar-refractivity contribution in [2.24, 2.45) is 0 Å². The molecule has 1 unspecified atom stereocenters. The second kappa shape index (κ2) is 6.75. The molecule has 28 heavy (non-hydrogen) atoms. The van der Waals surface area contributed by atoms with Gasteiger partial charge in [-0.3, -0.25) is 19.1 Å². The molecule has 1 spiro atoms. The molecule has 1 saturated heterocycles. The van der Waals surface area contributed by atoms with Crippen LogP contribution in [0.2, 0.25) is 0 Å². The first-order chi connectivity index (χ1) is 13.5. The molecule has 5 heterocycles. The highest BCUT2D eigenvalue weighted by Crippen LogP contribution is 2.40. The lowest BCUT2D eigenvalue weighted by atomic mass is 9.85. The maximum absolute atomic E-state index is 12.7. The summed E-state index contributed by atoms with van der Waals surface area (Å²) < 4.78 is 2.93. The first-order valence-corrected chi connectivity index (χ1v) is 11.2. The Labute approximate surface area is 169 Å². The van der Waals surface area contributed by atoms with Gasteiger partial charge in [-0.05, 0) is 48.7 Å². The molecular formula is C19H21N5O2S2. The number of hydrogen-bond donors (Lipinski definition) is 0. The molecule has 1 atom stereocenters. The Morgan fingerprint density at radius 3 is 2.75 bits per heavy atom. The van der Waals surface area contributed by atoms with E-state index in [9.17, 15) is 9.59 Å². The Bertz CT molecular complexity index is 1130. The fraction of sp³-hybridized carbons (Fsp3) is 0.474. The third kappa shape index (κ3) is 2.98. The van der Waals surface area contributed by atoms with E-state index >= 15 is 0 Å². The lowest BCUT2D eigenvalue weighted by molar-refractivity contribution is 0.298. The fourth-order valence-corrected chi connectivity index (χ4v) is 5.70. The zero-order valence-electron chi connectivity index (χ0n) is 15.6. The monoisotopic (exact) mass is 415 g/mol. The Hall–Kier alpha value is -2.10. The molecule has 5 rings (SSSR count). The van der Waals surface area contributed by atoms with Gasteiger partial charge in [-0.2, -0.15) is 16.4 Å². The maximum Gasteiger partial charge on any atom is 0.332 e. The fourth-order valence-electron chi connectivity index (χ4n) is 4.44. The van der Waals surface area contributed by atoms with Gasteiger partial charge in [0, 0.05) is 30.4 Å². The average molecular weight is 416 g/mol. The summed E-state index contributed by atoms with van der Waals surface area (Å²) in [6.45, 7) is 5.55. The van der Waals surface area contributed by atoms with Gasteiger partial charge in [0.05, 0.1) is 17.2 Å². The van der Waals surface area contributed by atoms with Crippen molar-refractivity contribution in [3.63, 3.8) is 0 Å². The second-order valence-electron chi connectivity index (χ2n) is 7.72. The topological polar surface area (TPSA) is 73.0 Å². The number of thiophene rings is 1. The van der Waals surface area contributed by atoms with E-state index in [1.165, 1.54) is 21.6 Å². The van der Waals surface area contributed by atoms with Crippen LogP contribution in [0, 0.1) is 6.92 Å². The summed E-state index contributed by atoms with van der Waals surface area (Å²) in [5, 5.41) is 11.8. The van der Waals surface area contributed by atoms with Crippen molar-refractivity contribution in [3.8, 4) is 0 Å². The van der Waals surface area contributed by atoms with Gasteiger partial charge in [-0.1, -0.05) is 0 Å². The first kappa shape index (κ1) is 18.0. The highest BCUT2D eigenvalue weighted by molar-refractivity contribution is 7.09. The Morgan fingerprint density at radius 1 is 1.14 bits per heavy atom. The summed E-state index contributed by atoms with van der Waals surface area (Å²) in [6.07, 6.45) is 1.84. The molecule has 9 heteroatoms. The van der Waals surface area contributed by atoms with Gasteiger partial charge in [0.25, 0.3) is 0 Å². The minimum atomic E-state index is -0.556. The van der Waals surface area contributed by atoms with Gasteiger partial charge >= 0.3 is 11.1 Å². The normalized spacial score (nSPS) is 21.6. The van der Waals surface area contributed by atoms with Crippen molar-refractivity contribution in [3.05, 3.63) is 65.0 Å². The van der Waals surface area contributed by atoms with E-state index in [0.29, 0.717) is 6.54 Å². The SMILES string of the molecule is Cc1nc(Cn2nc3n(c(=O)c2=O)CCC32CCN(Cc3ccsc3)C2)cs1. The lowest BCUT2D eigenvalue weighted by Gasteiger charge is -2.23. The van der Waals surface area contributed by atoms with Crippen LogP contribution in [-0.2, 0) is 25.0 Å². The number of rotatable bonds is 4. The number of hydrogen-bond acceptors (Lipinski definition) is 7. The standard InChI is InChI=1S/C19H21N5O2S2/c1-13-20-15(11-28-13)9-24-17(26)16(25)23-6-4-19(18(23)21-24)3-5-22(12-19)8-14-2-7-27-10-14/h2,7,10-11H,3-6,8-9,12H2,1H3. The first-order valence-electron chi connectivity index (χ1n) is 9.41. The van der Waals surface area contributed by atoms with Gasteiger partial charge < -0.3 is 0 Å². The molecule has 0 aliphatic carbocycles. The van der Waals surface area contributed by atoms with Crippen LogP contribution in [0.4, 0.5) is 0 Å². The van der Waals surface area contributed by atoms with Gasteiger partial charge in [-0.25, -0.2) is 9.67 Å². The van der Waals surface area contributed by atoms with Crippen molar-refractivity contribution < 1.29 is 0 Å². The molecule has 1 fully saturated rings. The molecule has 0 aromatic carbocycles. The van der Waals surface area contributed by atoms with Crippen LogP contribution in [0.1, 0.15) is 34.9 Å². The summed E-state index contributed by atoms with van der Waals surface area (Å²) in [7, 11) is 0. The summed E-state index contributed by atoms with van der Waals surface area (Å²) in [6, 6.07) is 2.16. The number of likely N-dealkylation sites (tertiary alicyclic amines) is 1. The Balaban J connectivity index is 1.47. The lowest BCUT2D eigenvalue weighted by Crippen LogP contribution is -2.45. The second-order valence-corrected chi connectivity index (χ2v) is 9.57. The van der Waals surface area contributed by atoms with Crippen LogP contribution < -0.4 is 11.1 Å². The number of nitrogens with zero attached hydrogens (tertiary/aromatic N) is 5. The van der Waals surface area contributed by atoms with Gasteiger partial charge in [0.15, 0.2) is 0 Å². The summed E-state index contributed by atoms with van der Waals surface area (Å²) in [5.41, 5.74) is 0.959. The maximum atomic E-state index is 12.7. The van der Waals surface area contributed by atoms with E-state index in [0.717, 1.165) is 49.0 Å².